The zero-order valence-electron chi connectivity index (χ0n) is 12.9. The highest BCUT2D eigenvalue weighted by Gasteiger charge is 2.21. The second-order valence-corrected chi connectivity index (χ2v) is 5.89. The van der Waals surface area contributed by atoms with Crippen molar-refractivity contribution in [2.45, 2.75) is 13.8 Å². The summed E-state index contributed by atoms with van der Waals surface area (Å²) in [6.07, 6.45) is 0. The molecule has 0 radical (unpaired) electrons. The second-order valence-electron chi connectivity index (χ2n) is 4.29. The van der Waals surface area contributed by atoms with Crippen molar-refractivity contribution in [1.82, 2.24) is 0 Å². The molecule has 124 valence electrons. The van der Waals surface area contributed by atoms with Crippen LogP contribution in [-0.2, 0) is 9.47 Å². The third-order valence-corrected chi connectivity index (χ3v) is 4.74. The van der Waals surface area contributed by atoms with E-state index in [1.807, 2.05) is 12.3 Å². The van der Waals surface area contributed by atoms with E-state index in [1.54, 1.807) is 5.38 Å². The Kier molecular flexibility index (Phi) is 6.86. The summed E-state index contributed by atoms with van der Waals surface area (Å²) in [5.74, 6) is -0.791. The quantitative estimate of drug-likeness (QED) is 0.473. The molecule has 23 heavy (non-hydrogen) atoms. The fourth-order valence-electron chi connectivity index (χ4n) is 1.58. The van der Waals surface area contributed by atoms with Gasteiger partial charge in [-0.25, -0.2) is 9.59 Å². The molecule has 2 aromatic heterocycles. The maximum atomic E-state index is 11.0. The number of ether oxygens (including phenoxy) is 2. The summed E-state index contributed by atoms with van der Waals surface area (Å²) in [5.41, 5.74) is 2.28. The maximum absolute atomic E-state index is 11.0. The predicted molar refractivity (Wildman–Crippen MR) is 87.4 cm³/mol. The summed E-state index contributed by atoms with van der Waals surface area (Å²) in [7, 11) is 2.63. The molecular formula is C14H15NO6S2. The Morgan fingerprint density at radius 1 is 1.04 bits per heavy atom. The molecule has 0 amide bonds. The van der Waals surface area contributed by atoms with Crippen LogP contribution in [0.15, 0.2) is 16.1 Å². The number of aryl methyl sites for hydroxylation is 1. The van der Waals surface area contributed by atoms with E-state index in [-0.39, 0.29) is 16.5 Å². The van der Waals surface area contributed by atoms with Gasteiger partial charge in [0.25, 0.3) is 0 Å². The zero-order chi connectivity index (χ0) is 17.6. The lowest BCUT2D eigenvalue weighted by molar-refractivity contribution is -0.380. The van der Waals surface area contributed by atoms with E-state index in [9.17, 15) is 19.7 Å². The van der Waals surface area contributed by atoms with Crippen LogP contribution in [0.1, 0.15) is 31.8 Å². The van der Waals surface area contributed by atoms with Crippen LogP contribution in [0, 0.1) is 24.0 Å². The average Bonchev–Trinajstić information content (AvgIpc) is 3.12. The summed E-state index contributed by atoms with van der Waals surface area (Å²) in [4.78, 5) is 31.8. The van der Waals surface area contributed by atoms with Crippen molar-refractivity contribution < 1.29 is 24.0 Å². The Hall–Kier alpha value is -2.26. The summed E-state index contributed by atoms with van der Waals surface area (Å²) < 4.78 is 9.00. The van der Waals surface area contributed by atoms with Crippen LogP contribution in [0.5, 0.6) is 0 Å². The van der Waals surface area contributed by atoms with Crippen LogP contribution in [0.4, 0.5) is 5.00 Å². The van der Waals surface area contributed by atoms with Gasteiger partial charge in [-0.2, -0.15) is 11.3 Å². The largest absolute Gasteiger partial charge is 0.465 e. The monoisotopic (exact) mass is 357 g/mol. The van der Waals surface area contributed by atoms with Crippen molar-refractivity contribution in [2.24, 2.45) is 0 Å². The molecule has 9 heteroatoms. The van der Waals surface area contributed by atoms with Gasteiger partial charge in [-0.3, -0.25) is 10.1 Å². The number of nitro groups is 1. The molecule has 0 saturated heterocycles. The number of methoxy groups -OCH3 is 2. The molecule has 0 N–H and O–H groups in total. The molecule has 0 aliphatic carbocycles. The van der Waals surface area contributed by atoms with Crippen LogP contribution in [-0.4, -0.2) is 31.1 Å². The predicted octanol–water partition coefficient (Wildman–Crippen LogP) is 3.59. The van der Waals surface area contributed by atoms with E-state index in [0.29, 0.717) is 11.1 Å². The molecule has 2 heterocycles. The Labute approximate surface area is 140 Å². The molecule has 0 spiro atoms. The van der Waals surface area contributed by atoms with Gasteiger partial charge < -0.3 is 9.47 Å². The Morgan fingerprint density at radius 3 is 2.00 bits per heavy atom. The molecular weight excluding hydrogens is 342 g/mol. The minimum absolute atomic E-state index is 0.0135. The Balaban J connectivity index is 0.000000238. The minimum Gasteiger partial charge on any atom is -0.465 e. The van der Waals surface area contributed by atoms with Gasteiger partial charge in [-0.05, 0) is 24.8 Å². The average molecular weight is 357 g/mol. The van der Waals surface area contributed by atoms with Crippen LogP contribution in [0.25, 0.3) is 0 Å². The number of carbonyl (C=O) groups excluding carboxylic acids is 2. The molecule has 0 atom stereocenters. The lowest BCUT2D eigenvalue weighted by Crippen LogP contribution is -2.01. The molecule has 0 unspecified atom stereocenters. The van der Waals surface area contributed by atoms with Crippen molar-refractivity contribution in [2.75, 3.05) is 14.2 Å². The van der Waals surface area contributed by atoms with E-state index in [0.717, 1.165) is 16.9 Å². The highest BCUT2D eigenvalue weighted by Crippen LogP contribution is 2.29. The third kappa shape index (κ3) is 4.60. The maximum Gasteiger partial charge on any atom is 0.339 e. The van der Waals surface area contributed by atoms with Crippen LogP contribution in [0.2, 0.25) is 0 Å². The van der Waals surface area contributed by atoms with E-state index in [2.05, 4.69) is 9.47 Å². The normalized spacial score (nSPS) is 9.57. The zero-order valence-corrected chi connectivity index (χ0v) is 14.6. The number of rotatable bonds is 3. The van der Waals surface area contributed by atoms with Crippen LogP contribution >= 0.6 is 22.7 Å². The van der Waals surface area contributed by atoms with Crippen molar-refractivity contribution in [1.29, 1.82) is 0 Å². The molecule has 0 bridgehead atoms. The smallest absolute Gasteiger partial charge is 0.339 e. The Morgan fingerprint density at radius 2 is 1.61 bits per heavy atom. The van der Waals surface area contributed by atoms with Crippen molar-refractivity contribution in [3.63, 3.8) is 0 Å². The highest BCUT2D eigenvalue weighted by molar-refractivity contribution is 7.13. The van der Waals surface area contributed by atoms with Gasteiger partial charge in [-0.15, -0.1) is 0 Å². The van der Waals surface area contributed by atoms with E-state index in [1.165, 1.54) is 37.9 Å². The number of nitrogens with zero attached hydrogens (tertiary/aromatic N) is 1. The van der Waals surface area contributed by atoms with E-state index < -0.39 is 10.9 Å². The van der Waals surface area contributed by atoms with Gasteiger partial charge in [0.05, 0.1) is 35.8 Å². The molecule has 0 saturated carbocycles. The summed E-state index contributed by atoms with van der Waals surface area (Å²) in [5, 5.41) is 15.5. The minimum atomic E-state index is -0.540. The fourth-order valence-corrected chi connectivity index (χ4v) is 3.27. The molecule has 2 rings (SSSR count). The number of esters is 2. The number of hydrogen-bond donors (Lipinski definition) is 0. The van der Waals surface area contributed by atoms with Crippen molar-refractivity contribution in [3.8, 4) is 0 Å². The van der Waals surface area contributed by atoms with Gasteiger partial charge in [-0.1, -0.05) is 11.3 Å². The number of thiophene rings is 2. The first-order chi connectivity index (χ1) is 10.8. The number of hydrogen-bond acceptors (Lipinski definition) is 8. The summed E-state index contributed by atoms with van der Waals surface area (Å²) >= 11 is 2.44. The van der Waals surface area contributed by atoms with Gasteiger partial charge in [0, 0.05) is 10.8 Å². The topological polar surface area (TPSA) is 95.7 Å². The SMILES string of the molecule is COC(=O)c1csc([N+](=O)[O-])c1C.COC(=O)c1cscc1C. The fraction of sp³-hybridized carbons (Fsp3) is 0.286. The molecule has 0 aromatic carbocycles. The second kappa shape index (κ2) is 8.39. The van der Waals surface area contributed by atoms with E-state index >= 15 is 0 Å². The lowest BCUT2D eigenvalue weighted by Gasteiger charge is -1.95. The standard InChI is InChI=1S/C7H7NO4S.C7H8O2S/c1-4-5(7(9)12-2)3-13-6(4)8(10)11;1-5-3-10-4-6(5)7(8)9-2/h3H,1-2H3;3-4H,1-2H3. The van der Waals surface area contributed by atoms with Gasteiger partial charge in [0.1, 0.15) is 0 Å². The molecule has 0 fully saturated rings. The van der Waals surface area contributed by atoms with Gasteiger partial charge in [0.2, 0.25) is 0 Å². The first-order valence-corrected chi connectivity index (χ1v) is 8.07. The first kappa shape index (κ1) is 18.8. The van der Waals surface area contributed by atoms with Crippen LogP contribution < -0.4 is 0 Å². The third-order valence-electron chi connectivity index (χ3n) is 2.85. The van der Waals surface area contributed by atoms with Crippen LogP contribution in [0.3, 0.4) is 0 Å². The Bertz CT molecular complexity index is 719. The summed E-state index contributed by atoms with van der Waals surface area (Å²) in [6, 6.07) is 0. The van der Waals surface area contributed by atoms with E-state index in [4.69, 9.17) is 0 Å². The highest BCUT2D eigenvalue weighted by atomic mass is 32.1. The van der Waals surface area contributed by atoms with Crippen molar-refractivity contribution in [3.05, 3.63) is 48.5 Å². The lowest BCUT2D eigenvalue weighted by atomic mass is 10.2. The number of carbonyl (C=O) groups is 2. The molecule has 0 aliphatic rings. The molecule has 2 aromatic rings. The first-order valence-electron chi connectivity index (χ1n) is 6.25. The molecule has 0 aliphatic heterocycles. The van der Waals surface area contributed by atoms with Crippen molar-refractivity contribution >= 4 is 39.6 Å². The molecule has 7 nitrogen and oxygen atoms in total. The van der Waals surface area contributed by atoms with Gasteiger partial charge >= 0.3 is 16.9 Å². The van der Waals surface area contributed by atoms with Gasteiger partial charge in [0.15, 0.2) is 0 Å². The summed E-state index contributed by atoms with van der Waals surface area (Å²) in [6.45, 7) is 3.42.